The lowest BCUT2D eigenvalue weighted by Gasteiger charge is -2.19. The van der Waals surface area contributed by atoms with Crippen LogP contribution in [0.2, 0.25) is 10.0 Å². The summed E-state index contributed by atoms with van der Waals surface area (Å²) >= 11 is 12.2. The lowest BCUT2D eigenvalue weighted by atomic mass is 9.98. The molecular formula is C15H15Cl2FN2. The summed E-state index contributed by atoms with van der Waals surface area (Å²) in [4.78, 5) is 0. The van der Waals surface area contributed by atoms with Crippen molar-refractivity contribution in [1.29, 1.82) is 0 Å². The van der Waals surface area contributed by atoms with Crippen LogP contribution in [-0.2, 0) is 6.42 Å². The highest BCUT2D eigenvalue weighted by Crippen LogP contribution is 2.29. The predicted molar refractivity (Wildman–Crippen MR) is 81.4 cm³/mol. The van der Waals surface area contributed by atoms with Crippen LogP contribution in [0.5, 0.6) is 0 Å². The van der Waals surface area contributed by atoms with Crippen molar-refractivity contribution >= 4 is 23.2 Å². The fourth-order valence-electron chi connectivity index (χ4n) is 2.10. The number of hydrogen-bond acceptors (Lipinski definition) is 2. The Morgan fingerprint density at radius 3 is 2.65 bits per heavy atom. The average molecular weight is 313 g/mol. The summed E-state index contributed by atoms with van der Waals surface area (Å²) in [6, 6.07) is 10.2. The molecule has 2 aromatic rings. The highest BCUT2D eigenvalue weighted by molar-refractivity contribution is 6.32. The highest BCUT2D eigenvalue weighted by atomic mass is 35.5. The molecule has 0 saturated carbocycles. The SMILES string of the molecule is Cc1ccc(C(Cc2cccc(F)c2Cl)NN)c(Cl)c1. The summed E-state index contributed by atoms with van der Waals surface area (Å²) in [5.41, 5.74) is 5.32. The number of hydrogen-bond donors (Lipinski definition) is 2. The van der Waals surface area contributed by atoms with Crippen molar-refractivity contribution < 1.29 is 4.39 Å². The zero-order chi connectivity index (χ0) is 14.7. The van der Waals surface area contributed by atoms with E-state index in [4.69, 9.17) is 29.0 Å². The molecular weight excluding hydrogens is 298 g/mol. The average Bonchev–Trinajstić information content (AvgIpc) is 2.41. The minimum absolute atomic E-state index is 0.121. The number of rotatable bonds is 4. The summed E-state index contributed by atoms with van der Waals surface area (Å²) < 4.78 is 13.5. The fourth-order valence-corrected chi connectivity index (χ4v) is 2.67. The third-order valence-corrected chi connectivity index (χ3v) is 3.94. The summed E-state index contributed by atoms with van der Waals surface area (Å²) in [7, 11) is 0. The predicted octanol–water partition coefficient (Wildman–Crippen LogP) is 4.19. The second-order valence-electron chi connectivity index (χ2n) is 4.66. The first kappa shape index (κ1) is 15.3. The van der Waals surface area contributed by atoms with Gasteiger partial charge >= 0.3 is 0 Å². The highest BCUT2D eigenvalue weighted by Gasteiger charge is 2.16. The van der Waals surface area contributed by atoms with Crippen molar-refractivity contribution in [2.24, 2.45) is 5.84 Å². The van der Waals surface area contributed by atoms with Crippen molar-refractivity contribution in [3.05, 3.63) is 69.0 Å². The fraction of sp³-hybridized carbons (Fsp3) is 0.200. The maximum atomic E-state index is 13.5. The largest absolute Gasteiger partial charge is 0.271 e. The Labute approximate surface area is 127 Å². The van der Waals surface area contributed by atoms with E-state index in [1.165, 1.54) is 6.07 Å². The molecule has 0 bridgehead atoms. The van der Waals surface area contributed by atoms with Gasteiger partial charge in [0.2, 0.25) is 0 Å². The molecule has 20 heavy (non-hydrogen) atoms. The molecule has 0 spiro atoms. The maximum absolute atomic E-state index is 13.5. The molecule has 5 heteroatoms. The van der Waals surface area contributed by atoms with E-state index in [2.05, 4.69) is 5.43 Å². The van der Waals surface area contributed by atoms with Gasteiger partial charge in [0.05, 0.1) is 11.1 Å². The van der Waals surface area contributed by atoms with E-state index < -0.39 is 5.82 Å². The van der Waals surface area contributed by atoms with E-state index in [-0.39, 0.29) is 11.1 Å². The molecule has 2 nitrogen and oxygen atoms in total. The Balaban J connectivity index is 2.31. The van der Waals surface area contributed by atoms with Gasteiger partial charge in [-0.1, -0.05) is 47.5 Å². The molecule has 0 amide bonds. The zero-order valence-corrected chi connectivity index (χ0v) is 12.5. The lowest BCUT2D eigenvalue weighted by Crippen LogP contribution is -2.30. The molecule has 0 aliphatic rings. The number of aryl methyl sites for hydroxylation is 1. The van der Waals surface area contributed by atoms with Gasteiger partial charge in [-0.3, -0.25) is 11.3 Å². The van der Waals surface area contributed by atoms with E-state index >= 15 is 0 Å². The molecule has 0 aromatic heterocycles. The Kier molecular flexibility index (Phi) is 5.00. The topological polar surface area (TPSA) is 38.0 Å². The van der Waals surface area contributed by atoms with Crippen LogP contribution in [0.25, 0.3) is 0 Å². The van der Waals surface area contributed by atoms with Crippen LogP contribution in [0.4, 0.5) is 4.39 Å². The van der Waals surface area contributed by atoms with Crippen LogP contribution < -0.4 is 11.3 Å². The van der Waals surface area contributed by atoms with Crippen molar-refractivity contribution in [2.75, 3.05) is 0 Å². The lowest BCUT2D eigenvalue weighted by molar-refractivity contribution is 0.549. The number of hydrazine groups is 1. The Morgan fingerprint density at radius 2 is 2.00 bits per heavy atom. The number of nitrogens with one attached hydrogen (secondary N) is 1. The molecule has 0 fully saturated rings. The first-order valence-corrected chi connectivity index (χ1v) is 6.93. The quantitative estimate of drug-likeness (QED) is 0.656. The van der Waals surface area contributed by atoms with Crippen LogP contribution in [0.3, 0.4) is 0 Å². The van der Waals surface area contributed by atoms with E-state index in [9.17, 15) is 4.39 Å². The molecule has 2 rings (SSSR count). The third-order valence-electron chi connectivity index (χ3n) is 3.19. The van der Waals surface area contributed by atoms with Gasteiger partial charge in [0, 0.05) is 5.02 Å². The van der Waals surface area contributed by atoms with Gasteiger partial charge in [0.25, 0.3) is 0 Å². The van der Waals surface area contributed by atoms with Gasteiger partial charge in [-0.25, -0.2) is 4.39 Å². The molecule has 0 aliphatic heterocycles. The number of benzene rings is 2. The van der Waals surface area contributed by atoms with Crippen molar-refractivity contribution in [3.63, 3.8) is 0 Å². The van der Waals surface area contributed by atoms with Gasteiger partial charge in [0.1, 0.15) is 5.82 Å². The van der Waals surface area contributed by atoms with Gasteiger partial charge in [-0.15, -0.1) is 0 Å². The second-order valence-corrected chi connectivity index (χ2v) is 5.45. The van der Waals surface area contributed by atoms with Crippen LogP contribution in [0, 0.1) is 12.7 Å². The third kappa shape index (κ3) is 3.30. The van der Waals surface area contributed by atoms with Gasteiger partial charge in [-0.05, 0) is 42.2 Å². The molecule has 1 unspecified atom stereocenters. The molecule has 0 saturated heterocycles. The van der Waals surface area contributed by atoms with Crippen LogP contribution in [-0.4, -0.2) is 0 Å². The first-order chi connectivity index (χ1) is 9.52. The molecule has 0 radical (unpaired) electrons. The van der Waals surface area contributed by atoms with E-state index in [1.54, 1.807) is 12.1 Å². The standard InChI is InChI=1S/C15H15Cl2FN2/c1-9-5-6-11(12(16)7-9)14(20-19)8-10-3-2-4-13(18)15(10)17/h2-7,14,20H,8,19H2,1H3. The Hall–Kier alpha value is -1.13. The van der Waals surface area contributed by atoms with E-state index in [0.29, 0.717) is 17.0 Å². The Bertz CT molecular complexity index is 617. The monoisotopic (exact) mass is 312 g/mol. The second kappa shape index (κ2) is 6.55. The van der Waals surface area contributed by atoms with Crippen molar-refractivity contribution in [3.8, 4) is 0 Å². The minimum atomic E-state index is -0.435. The molecule has 2 aromatic carbocycles. The number of nitrogens with two attached hydrogens (primary N) is 1. The normalized spacial score (nSPS) is 12.4. The number of halogens is 3. The molecule has 0 aliphatic carbocycles. The van der Waals surface area contributed by atoms with Crippen molar-refractivity contribution in [2.45, 2.75) is 19.4 Å². The van der Waals surface area contributed by atoms with Gasteiger partial charge < -0.3 is 0 Å². The molecule has 1 atom stereocenters. The van der Waals surface area contributed by atoms with E-state index in [1.807, 2.05) is 25.1 Å². The van der Waals surface area contributed by atoms with Crippen LogP contribution in [0.15, 0.2) is 36.4 Å². The smallest absolute Gasteiger partial charge is 0.142 e. The molecule has 3 N–H and O–H groups in total. The maximum Gasteiger partial charge on any atom is 0.142 e. The van der Waals surface area contributed by atoms with Crippen LogP contribution >= 0.6 is 23.2 Å². The van der Waals surface area contributed by atoms with E-state index in [0.717, 1.165) is 11.1 Å². The summed E-state index contributed by atoms with van der Waals surface area (Å²) in [5.74, 6) is 5.17. The minimum Gasteiger partial charge on any atom is -0.271 e. The van der Waals surface area contributed by atoms with Crippen molar-refractivity contribution in [1.82, 2.24) is 5.43 Å². The Morgan fingerprint density at radius 1 is 1.25 bits per heavy atom. The first-order valence-electron chi connectivity index (χ1n) is 6.18. The molecule has 0 heterocycles. The zero-order valence-electron chi connectivity index (χ0n) is 11.0. The summed E-state index contributed by atoms with van der Waals surface area (Å²) in [5, 5.41) is 0.747. The molecule has 106 valence electrons. The summed E-state index contributed by atoms with van der Waals surface area (Å²) in [6.07, 6.45) is 0.454. The summed E-state index contributed by atoms with van der Waals surface area (Å²) in [6.45, 7) is 1.96. The van der Waals surface area contributed by atoms with Gasteiger partial charge in [0.15, 0.2) is 0 Å². The van der Waals surface area contributed by atoms with Gasteiger partial charge in [-0.2, -0.15) is 0 Å². The van der Waals surface area contributed by atoms with Crippen LogP contribution in [0.1, 0.15) is 22.7 Å².